The van der Waals surface area contributed by atoms with Crippen LogP contribution >= 0.6 is 11.6 Å². The van der Waals surface area contributed by atoms with Gasteiger partial charge in [0.1, 0.15) is 0 Å². The van der Waals surface area contributed by atoms with Crippen LogP contribution < -0.4 is 0 Å². The summed E-state index contributed by atoms with van der Waals surface area (Å²) in [5.74, 6) is 0. The van der Waals surface area contributed by atoms with E-state index in [2.05, 4.69) is 0 Å². The van der Waals surface area contributed by atoms with Crippen LogP contribution in [0.3, 0.4) is 0 Å². The molecule has 1 atom stereocenters. The Kier molecular flexibility index (Phi) is 4.05. The minimum atomic E-state index is -0.456. The predicted octanol–water partition coefficient (Wildman–Crippen LogP) is 2.56. The fourth-order valence-electron chi connectivity index (χ4n) is 1.23. The number of halogens is 1. The van der Waals surface area contributed by atoms with Gasteiger partial charge in [0, 0.05) is 17.2 Å². The number of non-ortho nitro benzene ring substituents is 1. The zero-order valence-electron chi connectivity index (χ0n) is 8.31. The molecule has 0 aliphatic heterocycles. The molecule has 0 fully saturated rings. The lowest BCUT2D eigenvalue weighted by Crippen LogP contribution is -2.02. The molecule has 0 radical (unpaired) electrons. The normalized spacial score (nSPS) is 12.5. The summed E-state index contributed by atoms with van der Waals surface area (Å²) in [5.41, 5.74) is 0.728. The smallest absolute Gasteiger partial charge is 0.269 e. The molecule has 1 N–H and O–H groups in total. The summed E-state index contributed by atoms with van der Waals surface area (Å²) in [5, 5.41) is 20.1. The van der Waals surface area contributed by atoms with Gasteiger partial charge >= 0.3 is 0 Å². The molecule has 5 heteroatoms. The molecule has 0 saturated carbocycles. The molecule has 0 aliphatic rings. The Morgan fingerprint density at radius 3 is 2.80 bits per heavy atom. The number of benzene rings is 1. The van der Waals surface area contributed by atoms with E-state index < -0.39 is 11.0 Å². The first kappa shape index (κ1) is 11.9. The Morgan fingerprint density at radius 1 is 1.60 bits per heavy atom. The van der Waals surface area contributed by atoms with Crippen molar-refractivity contribution >= 4 is 17.3 Å². The summed E-state index contributed by atoms with van der Waals surface area (Å²) in [6.45, 7) is 1.67. The van der Waals surface area contributed by atoms with E-state index in [0.29, 0.717) is 23.4 Å². The molecule has 82 valence electrons. The fraction of sp³-hybridized carbons (Fsp3) is 0.400. The maximum atomic E-state index is 10.5. The summed E-state index contributed by atoms with van der Waals surface area (Å²) in [6.07, 6.45) is 0.652. The number of nitrogens with zero attached hydrogens (tertiary/aromatic N) is 1. The van der Waals surface area contributed by atoms with Crippen molar-refractivity contribution in [2.24, 2.45) is 0 Å². The molecule has 0 bridgehead atoms. The number of hydrogen-bond acceptors (Lipinski definition) is 3. The number of nitro groups is 1. The van der Waals surface area contributed by atoms with Crippen molar-refractivity contribution in [3.8, 4) is 0 Å². The van der Waals surface area contributed by atoms with Crippen LogP contribution in [0.2, 0.25) is 5.02 Å². The SMILES string of the molecule is C[C@H](O)CCc1cc([N+](=O)[O-])ccc1Cl. The molecule has 1 rings (SSSR count). The Bertz CT molecular complexity index is 366. The quantitative estimate of drug-likeness (QED) is 0.638. The molecular formula is C10H12ClNO3. The standard InChI is InChI=1S/C10H12ClNO3/c1-7(13)2-3-8-6-9(12(14)15)4-5-10(8)11/h4-7,13H,2-3H2,1H3/t7-/m0/s1. The largest absolute Gasteiger partial charge is 0.393 e. The van der Waals surface area contributed by atoms with Crippen LogP contribution in [0.4, 0.5) is 5.69 Å². The molecule has 4 nitrogen and oxygen atoms in total. The maximum absolute atomic E-state index is 10.5. The molecule has 0 aromatic heterocycles. The first-order valence-corrected chi connectivity index (χ1v) is 4.99. The Morgan fingerprint density at radius 2 is 2.27 bits per heavy atom. The van der Waals surface area contributed by atoms with Crippen molar-refractivity contribution in [3.05, 3.63) is 38.9 Å². The van der Waals surface area contributed by atoms with E-state index in [1.165, 1.54) is 18.2 Å². The molecule has 0 spiro atoms. The Balaban J connectivity index is 2.85. The molecule has 0 amide bonds. The van der Waals surface area contributed by atoms with Crippen LogP contribution in [0.5, 0.6) is 0 Å². The highest BCUT2D eigenvalue weighted by Gasteiger charge is 2.10. The summed E-state index contributed by atoms with van der Waals surface area (Å²) in [6, 6.07) is 4.33. The second-order valence-corrected chi connectivity index (χ2v) is 3.83. The lowest BCUT2D eigenvalue weighted by Gasteiger charge is -2.05. The van der Waals surface area contributed by atoms with Crippen LogP contribution in [0.25, 0.3) is 0 Å². The van der Waals surface area contributed by atoms with E-state index >= 15 is 0 Å². The van der Waals surface area contributed by atoms with Gasteiger partial charge in [-0.25, -0.2) is 0 Å². The highest BCUT2D eigenvalue weighted by molar-refractivity contribution is 6.31. The third-order valence-corrected chi connectivity index (χ3v) is 2.44. The van der Waals surface area contributed by atoms with Crippen molar-refractivity contribution in [3.63, 3.8) is 0 Å². The second kappa shape index (κ2) is 5.09. The van der Waals surface area contributed by atoms with Crippen molar-refractivity contribution in [1.82, 2.24) is 0 Å². The van der Waals surface area contributed by atoms with Crippen molar-refractivity contribution in [1.29, 1.82) is 0 Å². The molecule has 0 unspecified atom stereocenters. The number of nitro benzene ring substituents is 1. The summed E-state index contributed by atoms with van der Waals surface area (Å²) in [4.78, 5) is 10.1. The minimum Gasteiger partial charge on any atom is -0.393 e. The number of aliphatic hydroxyl groups is 1. The number of hydrogen-bond donors (Lipinski definition) is 1. The second-order valence-electron chi connectivity index (χ2n) is 3.42. The van der Waals surface area contributed by atoms with Gasteiger partial charge in [-0.05, 0) is 31.4 Å². The summed E-state index contributed by atoms with van der Waals surface area (Å²) in [7, 11) is 0. The minimum absolute atomic E-state index is 0.0278. The van der Waals surface area contributed by atoms with Crippen LogP contribution in [-0.4, -0.2) is 16.1 Å². The van der Waals surface area contributed by atoms with Crippen LogP contribution in [0, 0.1) is 10.1 Å². The van der Waals surface area contributed by atoms with Gasteiger partial charge in [0.05, 0.1) is 11.0 Å². The molecule has 1 aromatic rings. The molecule has 15 heavy (non-hydrogen) atoms. The fourth-order valence-corrected chi connectivity index (χ4v) is 1.44. The van der Waals surface area contributed by atoms with Crippen molar-refractivity contribution < 1.29 is 10.0 Å². The highest BCUT2D eigenvalue weighted by Crippen LogP contribution is 2.23. The Labute approximate surface area is 92.6 Å². The van der Waals surface area contributed by atoms with Crippen molar-refractivity contribution in [2.75, 3.05) is 0 Å². The Hall–Kier alpha value is -1.13. The molecule has 0 saturated heterocycles. The molecule has 1 aromatic carbocycles. The average Bonchev–Trinajstić information content (AvgIpc) is 2.16. The van der Waals surface area contributed by atoms with Gasteiger partial charge in [-0.1, -0.05) is 11.6 Å². The molecular weight excluding hydrogens is 218 g/mol. The average molecular weight is 230 g/mol. The van der Waals surface area contributed by atoms with E-state index in [0.717, 1.165) is 0 Å². The van der Waals surface area contributed by atoms with Gasteiger partial charge in [-0.15, -0.1) is 0 Å². The van der Waals surface area contributed by atoms with E-state index in [1.807, 2.05) is 0 Å². The number of rotatable bonds is 4. The van der Waals surface area contributed by atoms with E-state index in [-0.39, 0.29) is 5.69 Å². The zero-order valence-corrected chi connectivity index (χ0v) is 9.07. The molecule has 0 aliphatic carbocycles. The van der Waals surface area contributed by atoms with Gasteiger partial charge in [0.15, 0.2) is 0 Å². The number of aryl methyl sites for hydroxylation is 1. The van der Waals surface area contributed by atoms with Crippen LogP contribution in [0.1, 0.15) is 18.9 Å². The first-order valence-electron chi connectivity index (χ1n) is 4.61. The third-order valence-electron chi connectivity index (χ3n) is 2.07. The van der Waals surface area contributed by atoms with Gasteiger partial charge in [0.2, 0.25) is 0 Å². The van der Waals surface area contributed by atoms with Gasteiger partial charge in [0.25, 0.3) is 5.69 Å². The van der Waals surface area contributed by atoms with E-state index in [9.17, 15) is 10.1 Å². The predicted molar refractivity (Wildman–Crippen MR) is 58.1 cm³/mol. The summed E-state index contributed by atoms with van der Waals surface area (Å²) >= 11 is 5.88. The highest BCUT2D eigenvalue weighted by atomic mass is 35.5. The van der Waals surface area contributed by atoms with Gasteiger partial charge in [-0.3, -0.25) is 10.1 Å². The zero-order chi connectivity index (χ0) is 11.4. The topological polar surface area (TPSA) is 63.4 Å². The van der Waals surface area contributed by atoms with Crippen molar-refractivity contribution in [2.45, 2.75) is 25.9 Å². The number of aliphatic hydroxyl groups excluding tert-OH is 1. The van der Waals surface area contributed by atoms with Gasteiger partial charge < -0.3 is 5.11 Å². The van der Waals surface area contributed by atoms with E-state index in [1.54, 1.807) is 6.92 Å². The lowest BCUT2D eigenvalue weighted by atomic mass is 10.1. The van der Waals surface area contributed by atoms with E-state index in [4.69, 9.17) is 16.7 Å². The maximum Gasteiger partial charge on any atom is 0.269 e. The lowest BCUT2D eigenvalue weighted by molar-refractivity contribution is -0.384. The van der Waals surface area contributed by atoms with Gasteiger partial charge in [-0.2, -0.15) is 0 Å². The molecule has 0 heterocycles. The third kappa shape index (κ3) is 3.49. The first-order chi connectivity index (χ1) is 7.00. The van der Waals surface area contributed by atoms with Crippen LogP contribution in [-0.2, 0) is 6.42 Å². The van der Waals surface area contributed by atoms with Crippen LogP contribution in [0.15, 0.2) is 18.2 Å². The summed E-state index contributed by atoms with van der Waals surface area (Å²) < 4.78 is 0. The monoisotopic (exact) mass is 229 g/mol.